The van der Waals surface area contributed by atoms with Crippen molar-refractivity contribution in [3.63, 3.8) is 0 Å². The first kappa shape index (κ1) is 34.4. The van der Waals surface area contributed by atoms with E-state index in [9.17, 15) is 18.0 Å². The number of anilines is 1. The lowest BCUT2D eigenvalue weighted by Gasteiger charge is -2.40. The Morgan fingerprint density at radius 2 is 1.92 bits per heavy atom. The molecule has 2 aliphatic heterocycles. The molecule has 2 atom stereocenters. The number of hydrogen-bond donors (Lipinski definition) is 0. The van der Waals surface area contributed by atoms with E-state index in [-0.39, 0.29) is 77.1 Å². The van der Waals surface area contributed by atoms with Crippen molar-refractivity contribution in [1.82, 2.24) is 24.8 Å². The van der Waals surface area contributed by atoms with E-state index in [1.54, 1.807) is 50.9 Å². The number of alkyl halides is 2. The first-order chi connectivity index (χ1) is 23.2. The topological polar surface area (TPSA) is 88.3 Å². The molecular weight excluding hydrogens is 666 g/mol. The standard InChI is InChI=1S/C34H34ClF4N7O3/c1-33(2,3)49-32(47)46-12-11-45(16-21(46)13-40-4)30-23-14-41-28(22-8-6-7-19-9-10-24(36)26(35)25(19)22)27(37)29(23)42-31(43-30)48-17-20-15-44(5)18-34(20,38)39/h6-10,14,20-21H,11-13,15-18H2,1-3,5H3/t20?,21-/m0/s1. The minimum absolute atomic E-state index is 0.0401. The van der Waals surface area contributed by atoms with Gasteiger partial charge in [-0.2, -0.15) is 9.97 Å². The van der Waals surface area contributed by atoms with Crippen molar-refractivity contribution < 1.29 is 31.8 Å². The van der Waals surface area contributed by atoms with Crippen LogP contribution in [0.3, 0.4) is 0 Å². The summed E-state index contributed by atoms with van der Waals surface area (Å²) >= 11 is 6.35. The molecule has 0 saturated carbocycles. The van der Waals surface area contributed by atoms with Crippen LogP contribution in [0.25, 0.3) is 37.8 Å². The molecule has 0 aliphatic carbocycles. The summed E-state index contributed by atoms with van der Waals surface area (Å²) in [6.07, 6.45) is 0.811. The van der Waals surface area contributed by atoms with E-state index in [1.165, 1.54) is 28.1 Å². The summed E-state index contributed by atoms with van der Waals surface area (Å²) in [6.45, 7) is 12.4. The third-order valence-corrected chi connectivity index (χ3v) is 8.94. The smallest absolute Gasteiger partial charge is 0.410 e. The van der Waals surface area contributed by atoms with Crippen molar-refractivity contribution in [2.45, 2.75) is 38.3 Å². The summed E-state index contributed by atoms with van der Waals surface area (Å²) in [4.78, 5) is 34.6. The highest BCUT2D eigenvalue weighted by Crippen LogP contribution is 2.39. The Morgan fingerprint density at radius 1 is 1.14 bits per heavy atom. The van der Waals surface area contributed by atoms with Crippen LogP contribution in [0.2, 0.25) is 5.02 Å². The number of hydrogen-bond acceptors (Lipinski definition) is 8. The maximum absolute atomic E-state index is 16.7. The minimum atomic E-state index is -3.01. The molecule has 6 rings (SSSR count). The van der Waals surface area contributed by atoms with Crippen molar-refractivity contribution in [2.24, 2.45) is 5.92 Å². The number of amides is 1. The van der Waals surface area contributed by atoms with Crippen LogP contribution in [0.15, 0.2) is 36.5 Å². The monoisotopic (exact) mass is 699 g/mol. The van der Waals surface area contributed by atoms with Crippen LogP contribution in [0.5, 0.6) is 6.01 Å². The SMILES string of the molecule is [C-]#[N+]C[C@H]1CN(c2nc(OCC3CN(C)CC3(F)F)nc3c(F)c(-c4cccc5ccc(F)c(Cl)c45)ncc23)CCN1C(=O)OC(C)(C)C. The molecule has 2 aromatic carbocycles. The highest BCUT2D eigenvalue weighted by Gasteiger charge is 2.47. The highest BCUT2D eigenvalue weighted by molar-refractivity contribution is 6.36. The number of rotatable bonds is 6. The van der Waals surface area contributed by atoms with E-state index >= 15 is 4.39 Å². The van der Waals surface area contributed by atoms with Gasteiger partial charge in [-0.15, -0.1) is 0 Å². The van der Waals surface area contributed by atoms with E-state index in [0.29, 0.717) is 5.39 Å². The second-order valence-corrected chi connectivity index (χ2v) is 13.7. The second kappa shape index (κ2) is 13.1. The molecular formula is C34H34ClF4N7O3. The number of piperazine rings is 1. The van der Waals surface area contributed by atoms with Gasteiger partial charge in [0.1, 0.15) is 41.1 Å². The number of ether oxygens (including phenoxy) is 2. The highest BCUT2D eigenvalue weighted by atomic mass is 35.5. The van der Waals surface area contributed by atoms with Gasteiger partial charge < -0.3 is 19.2 Å². The van der Waals surface area contributed by atoms with E-state index in [1.807, 2.05) is 0 Å². The van der Waals surface area contributed by atoms with E-state index in [0.717, 1.165) is 0 Å². The van der Waals surface area contributed by atoms with Gasteiger partial charge in [0.05, 0.1) is 22.9 Å². The summed E-state index contributed by atoms with van der Waals surface area (Å²) in [5.41, 5.74) is -0.898. The van der Waals surface area contributed by atoms with E-state index < -0.39 is 54.4 Å². The van der Waals surface area contributed by atoms with Gasteiger partial charge >= 0.3 is 12.1 Å². The Bertz CT molecular complexity index is 1970. The Morgan fingerprint density at radius 3 is 2.61 bits per heavy atom. The summed E-state index contributed by atoms with van der Waals surface area (Å²) in [6, 6.07) is 6.75. The van der Waals surface area contributed by atoms with Gasteiger partial charge in [0.15, 0.2) is 5.82 Å². The molecule has 0 spiro atoms. The molecule has 2 aromatic heterocycles. The summed E-state index contributed by atoms with van der Waals surface area (Å²) in [5, 5.41) is 0.810. The Hall–Kier alpha value is -4.48. The average Bonchev–Trinajstić information content (AvgIpc) is 3.31. The van der Waals surface area contributed by atoms with Crippen LogP contribution >= 0.6 is 11.6 Å². The number of nitrogens with zero attached hydrogens (tertiary/aromatic N) is 7. The number of pyridine rings is 1. The fourth-order valence-corrected chi connectivity index (χ4v) is 6.58. The predicted molar refractivity (Wildman–Crippen MR) is 177 cm³/mol. The number of halogens is 5. The van der Waals surface area contributed by atoms with Crippen LogP contribution in [-0.2, 0) is 4.74 Å². The van der Waals surface area contributed by atoms with Crippen molar-refractivity contribution in [1.29, 1.82) is 0 Å². The number of benzene rings is 2. The van der Waals surface area contributed by atoms with Gasteiger partial charge in [0, 0.05) is 43.3 Å². The van der Waals surface area contributed by atoms with Crippen molar-refractivity contribution in [3.05, 3.63) is 64.6 Å². The quantitative estimate of drug-likeness (QED) is 0.162. The number of carbonyl (C=O) groups is 1. The first-order valence-electron chi connectivity index (χ1n) is 15.7. The molecule has 4 aromatic rings. The molecule has 10 nitrogen and oxygen atoms in total. The van der Waals surface area contributed by atoms with Crippen molar-refractivity contribution in [3.8, 4) is 17.3 Å². The predicted octanol–water partition coefficient (Wildman–Crippen LogP) is 6.70. The van der Waals surface area contributed by atoms with Crippen LogP contribution in [-0.4, -0.2) is 101 Å². The summed E-state index contributed by atoms with van der Waals surface area (Å²) < 4.78 is 71.9. The van der Waals surface area contributed by atoms with Gasteiger partial charge in [0.2, 0.25) is 6.54 Å². The van der Waals surface area contributed by atoms with Crippen LogP contribution in [0.4, 0.5) is 28.2 Å². The van der Waals surface area contributed by atoms with Gasteiger partial charge in [-0.3, -0.25) is 14.8 Å². The Labute approximate surface area is 285 Å². The van der Waals surface area contributed by atoms with E-state index in [2.05, 4.69) is 19.8 Å². The lowest BCUT2D eigenvalue weighted by atomic mass is 10.0. The molecule has 258 valence electrons. The number of likely N-dealkylation sites (tertiary alicyclic amines) is 1. The molecule has 2 aliphatic rings. The minimum Gasteiger partial charge on any atom is -0.463 e. The Balaban J connectivity index is 1.44. The van der Waals surface area contributed by atoms with Gasteiger partial charge in [-0.05, 0) is 39.3 Å². The summed E-state index contributed by atoms with van der Waals surface area (Å²) in [5.74, 6) is -5.53. The molecule has 1 unspecified atom stereocenters. The van der Waals surface area contributed by atoms with Crippen molar-refractivity contribution >= 4 is 45.2 Å². The zero-order chi connectivity index (χ0) is 35.2. The van der Waals surface area contributed by atoms with Crippen LogP contribution in [0.1, 0.15) is 20.8 Å². The molecule has 0 bridgehead atoms. The Kier molecular flexibility index (Phi) is 9.19. The lowest BCUT2D eigenvalue weighted by Crippen LogP contribution is -2.57. The fraction of sp³-hybridized carbons (Fsp3) is 0.441. The third kappa shape index (κ3) is 6.87. The molecule has 15 heteroatoms. The maximum atomic E-state index is 16.7. The molecule has 2 fully saturated rings. The molecule has 2 saturated heterocycles. The van der Waals surface area contributed by atoms with Crippen LogP contribution < -0.4 is 9.64 Å². The molecule has 1 amide bonds. The largest absolute Gasteiger partial charge is 0.463 e. The summed E-state index contributed by atoms with van der Waals surface area (Å²) in [7, 11) is 1.59. The normalized spacial score (nSPS) is 19.8. The van der Waals surface area contributed by atoms with Crippen LogP contribution in [0, 0.1) is 24.1 Å². The molecule has 0 radical (unpaired) electrons. The number of aromatic nitrogens is 3. The fourth-order valence-electron chi connectivity index (χ4n) is 6.31. The van der Waals surface area contributed by atoms with Gasteiger partial charge in [0.25, 0.3) is 5.92 Å². The number of fused-ring (bicyclic) bond motifs is 2. The lowest BCUT2D eigenvalue weighted by molar-refractivity contribution is -0.0400. The molecule has 4 heterocycles. The van der Waals surface area contributed by atoms with Crippen molar-refractivity contribution in [2.75, 3.05) is 57.8 Å². The zero-order valence-corrected chi connectivity index (χ0v) is 28.1. The molecule has 49 heavy (non-hydrogen) atoms. The van der Waals surface area contributed by atoms with Gasteiger partial charge in [-0.25, -0.2) is 28.9 Å². The first-order valence-corrected chi connectivity index (χ1v) is 16.0. The van der Waals surface area contributed by atoms with Gasteiger partial charge in [-0.1, -0.05) is 35.9 Å². The third-order valence-electron chi connectivity index (χ3n) is 8.57. The second-order valence-electron chi connectivity index (χ2n) is 13.4. The average molecular weight is 700 g/mol. The van der Waals surface area contributed by atoms with E-state index in [4.69, 9.17) is 27.6 Å². The number of carbonyl (C=O) groups excluding carboxylic acids is 1. The molecule has 0 N–H and O–H groups in total. The zero-order valence-electron chi connectivity index (χ0n) is 27.3. The maximum Gasteiger partial charge on any atom is 0.410 e.